The Bertz CT molecular complexity index is 353. The summed E-state index contributed by atoms with van der Waals surface area (Å²) in [7, 11) is 1.26. The van der Waals surface area contributed by atoms with Gasteiger partial charge in [-0.1, -0.05) is 0 Å². The summed E-state index contributed by atoms with van der Waals surface area (Å²) in [6.07, 6.45) is 3.70. The first-order valence-corrected chi connectivity index (χ1v) is 4.75. The standard InChI is InChI=1S/C3H3ClN2O2S.ClH.H2N3/c4-9(7,8)6-2-1-5-3-6;;1-3-2/h1-3H;1H;1-2H/q;;+1. The Labute approximate surface area is 84.7 Å². The summed E-state index contributed by atoms with van der Waals surface area (Å²) < 4.78 is 21.6. The van der Waals surface area contributed by atoms with Gasteiger partial charge in [-0.15, -0.1) is 12.4 Å². The van der Waals surface area contributed by atoms with Crippen LogP contribution < -0.4 is 4.91 Å². The van der Waals surface area contributed by atoms with Gasteiger partial charge in [0.15, 0.2) is 0 Å². The minimum absolute atomic E-state index is 0. The van der Waals surface area contributed by atoms with Crippen molar-refractivity contribution in [2.75, 3.05) is 0 Å². The third kappa shape index (κ3) is 6.23. The molecule has 0 fully saturated rings. The Hall–Kier alpha value is -0.950. The summed E-state index contributed by atoms with van der Waals surface area (Å²) in [5.41, 5.74) is 11.0. The second kappa shape index (κ2) is 6.55. The lowest BCUT2D eigenvalue weighted by atomic mass is 11.0. The molecule has 0 bridgehead atoms. The van der Waals surface area contributed by atoms with Crippen molar-refractivity contribution in [1.82, 2.24) is 13.9 Å². The average Bonchev–Trinajstić information content (AvgIpc) is 2.36. The summed E-state index contributed by atoms with van der Waals surface area (Å²) in [5.74, 6) is 0. The molecule has 74 valence electrons. The molecule has 1 aromatic rings. The molecule has 0 amide bonds. The molecule has 13 heavy (non-hydrogen) atoms. The summed E-state index contributed by atoms with van der Waals surface area (Å²) in [6, 6.07) is 0. The van der Waals surface area contributed by atoms with Crippen LogP contribution in [-0.4, -0.2) is 17.4 Å². The number of hydrogen-bond donors (Lipinski definition) is 2. The number of rotatable bonds is 1. The molecule has 10 heteroatoms. The zero-order valence-corrected chi connectivity index (χ0v) is 8.47. The molecular weight excluding hydrogens is 241 g/mol. The van der Waals surface area contributed by atoms with Gasteiger partial charge in [-0.2, -0.15) is 8.42 Å². The number of hydrogen-bond acceptors (Lipinski definition) is 5. The second-order valence-electron chi connectivity index (χ2n) is 1.45. The number of nitrogens with zero attached hydrogens (tertiary/aromatic N) is 3. The highest BCUT2D eigenvalue weighted by molar-refractivity contribution is 8.12. The van der Waals surface area contributed by atoms with Crippen LogP contribution in [0.3, 0.4) is 0 Å². The zero-order valence-electron chi connectivity index (χ0n) is 6.08. The second-order valence-corrected chi connectivity index (χ2v) is 3.86. The lowest BCUT2D eigenvalue weighted by Crippen LogP contribution is -2.00. The van der Waals surface area contributed by atoms with Crippen LogP contribution in [0.15, 0.2) is 18.7 Å². The first kappa shape index (κ1) is 14.6. The van der Waals surface area contributed by atoms with Crippen molar-refractivity contribution in [1.29, 1.82) is 11.1 Å². The quantitative estimate of drug-likeness (QED) is 0.433. The van der Waals surface area contributed by atoms with Crippen LogP contribution in [0.25, 0.3) is 0 Å². The van der Waals surface area contributed by atoms with E-state index in [9.17, 15) is 8.42 Å². The van der Waals surface area contributed by atoms with Crippen LogP contribution in [0, 0.1) is 11.1 Å². The van der Waals surface area contributed by atoms with Crippen molar-refractivity contribution in [2.24, 2.45) is 0 Å². The maximum atomic E-state index is 10.4. The molecule has 0 aliphatic heterocycles. The molecule has 0 aromatic carbocycles. The molecule has 1 rings (SSSR count). The predicted molar refractivity (Wildman–Crippen MR) is 47.2 cm³/mol. The Morgan fingerprint density at radius 3 is 2.08 bits per heavy atom. The van der Waals surface area contributed by atoms with Gasteiger partial charge in [-0.05, 0) is 0 Å². The molecular formula is C3H6Cl2N5O2S+. The van der Waals surface area contributed by atoms with Crippen LogP contribution in [0.5, 0.6) is 0 Å². The molecule has 1 aromatic heterocycles. The first-order chi connectivity index (χ1) is 5.52. The normalized spacial score (nSPS) is 8.69. The van der Waals surface area contributed by atoms with Crippen LogP contribution in [0.2, 0.25) is 0 Å². The fourth-order valence-corrected chi connectivity index (χ4v) is 0.988. The minimum Gasteiger partial charge on any atom is -0.244 e. The zero-order chi connectivity index (χ0) is 9.61. The van der Waals surface area contributed by atoms with Gasteiger partial charge in [0.2, 0.25) is 4.91 Å². The average molecular weight is 247 g/mol. The number of halogens is 2. The smallest absolute Gasteiger partial charge is 0.244 e. The van der Waals surface area contributed by atoms with E-state index < -0.39 is 9.24 Å². The Morgan fingerprint density at radius 2 is 1.92 bits per heavy atom. The molecule has 0 aliphatic carbocycles. The van der Waals surface area contributed by atoms with E-state index in [4.69, 9.17) is 21.7 Å². The van der Waals surface area contributed by atoms with Gasteiger partial charge in [0.05, 0.1) is 0 Å². The van der Waals surface area contributed by atoms with E-state index in [-0.39, 0.29) is 12.4 Å². The third-order valence-corrected chi connectivity index (χ3v) is 1.93. The van der Waals surface area contributed by atoms with E-state index in [1.807, 2.05) is 4.91 Å². The lowest BCUT2D eigenvalue weighted by Gasteiger charge is -1.89. The van der Waals surface area contributed by atoms with E-state index in [1.165, 1.54) is 12.4 Å². The fourth-order valence-electron chi connectivity index (χ4n) is 0.376. The predicted octanol–water partition coefficient (Wildman–Crippen LogP) is 0.752. The van der Waals surface area contributed by atoms with E-state index >= 15 is 0 Å². The monoisotopic (exact) mass is 246 g/mol. The first-order valence-electron chi connectivity index (χ1n) is 2.48. The maximum Gasteiger partial charge on any atom is 0.326 e. The summed E-state index contributed by atoms with van der Waals surface area (Å²) in [5, 5.41) is 0. The molecule has 2 N–H and O–H groups in total. The minimum atomic E-state index is -3.63. The summed E-state index contributed by atoms with van der Waals surface area (Å²) in [4.78, 5) is 5.49. The maximum absolute atomic E-state index is 10.4. The highest BCUT2D eigenvalue weighted by Crippen LogP contribution is 1.99. The molecule has 0 spiro atoms. The van der Waals surface area contributed by atoms with Gasteiger partial charge in [-0.3, -0.25) is 0 Å². The molecule has 1 heterocycles. The molecule has 0 unspecified atom stereocenters. The highest BCUT2D eigenvalue weighted by Gasteiger charge is 2.04. The molecule has 7 nitrogen and oxygen atoms in total. The van der Waals surface area contributed by atoms with Gasteiger partial charge in [0, 0.05) is 23.1 Å². The van der Waals surface area contributed by atoms with Crippen molar-refractivity contribution in [3.05, 3.63) is 18.7 Å². The van der Waals surface area contributed by atoms with E-state index in [2.05, 4.69) is 4.98 Å². The molecule has 0 atom stereocenters. The summed E-state index contributed by atoms with van der Waals surface area (Å²) in [6.45, 7) is 0. The highest BCUT2D eigenvalue weighted by atomic mass is 35.7. The summed E-state index contributed by atoms with van der Waals surface area (Å²) >= 11 is 0. The molecule has 0 aliphatic rings. The van der Waals surface area contributed by atoms with Crippen LogP contribution in [0.1, 0.15) is 0 Å². The topological polar surface area (TPSA) is 114 Å². The molecule has 0 saturated heterocycles. The van der Waals surface area contributed by atoms with Crippen molar-refractivity contribution in [3.8, 4) is 0 Å². The van der Waals surface area contributed by atoms with Gasteiger partial charge in [-0.25, -0.2) is 8.96 Å². The van der Waals surface area contributed by atoms with E-state index in [1.54, 1.807) is 0 Å². The van der Waals surface area contributed by atoms with Crippen molar-refractivity contribution in [2.45, 2.75) is 0 Å². The third-order valence-electron chi connectivity index (χ3n) is 0.732. The van der Waals surface area contributed by atoms with Crippen LogP contribution in [0.4, 0.5) is 0 Å². The van der Waals surface area contributed by atoms with Gasteiger partial charge in [0.25, 0.3) is 0 Å². The van der Waals surface area contributed by atoms with Crippen molar-refractivity contribution >= 4 is 32.3 Å². The number of aromatic nitrogens is 2. The van der Waals surface area contributed by atoms with Crippen LogP contribution >= 0.6 is 23.1 Å². The van der Waals surface area contributed by atoms with Gasteiger partial charge in [0.1, 0.15) is 17.4 Å². The van der Waals surface area contributed by atoms with Crippen molar-refractivity contribution in [3.63, 3.8) is 0 Å². The van der Waals surface area contributed by atoms with Gasteiger partial charge < -0.3 is 0 Å². The van der Waals surface area contributed by atoms with Gasteiger partial charge >= 0.3 is 9.24 Å². The lowest BCUT2D eigenvalue weighted by molar-refractivity contribution is 0.601. The SMILES string of the molecule is Cl.N=[N+]=N.O=S(=O)(Cl)n1ccnc1. The fraction of sp³-hybridized carbons (Fsp3) is 0. The van der Waals surface area contributed by atoms with E-state index in [0.29, 0.717) is 0 Å². The Kier molecular flexibility index (Phi) is 7.34. The van der Waals surface area contributed by atoms with Crippen LogP contribution in [-0.2, 0) is 9.24 Å². The Morgan fingerprint density at radius 1 is 1.46 bits per heavy atom. The molecule has 0 saturated carbocycles. The largest absolute Gasteiger partial charge is 0.326 e. The Balaban J connectivity index is 0. The number of imidazole rings is 1. The number of nitrogens with one attached hydrogen (secondary N) is 2. The van der Waals surface area contributed by atoms with Crippen molar-refractivity contribution < 1.29 is 8.42 Å². The van der Waals surface area contributed by atoms with E-state index in [0.717, 1.165) is 10.3 Å². The molecule has 0 radical (unpaired) electrons.